The maximum Gasteiger partial charge on any atom is 0.220 e. The molecule has 1 rings (SSSR count). The fraction of sp³-hybridized carbons (Fsp3) is 0.933. The van der Waals surface area contributed by atoms with Gasteiger partial charge in [0.15, 0.2) is 0 Å². The Morgan fingerprint density at radius 3 is 2.17 bits per heavy atom. The predicted octanol–water partition coefficient (Wildman–Crippen LogP) is 2.98. The largest absolute Gasteiger partial charge is 0.349 e. The molecule has 1 fully saturated rings. The van der Waals surface area contributed by atoms with Crippen LogP contribution in [0, 0.1) is 5.92 Å². The molecular formula is C15H30N2O. The van der Waals surface area contributed by atoms with E-state index in [0.29, 0.717) is 18.9 Å². The molecule has 0 aromatic heterocycles. The first-order valence-electron chi connectivity index (χ1n) is 7.67. The van der Waals surface area contributed by atoms with E-state index in [-0.39, 0.29) is 11.4 Å². The fourth-order valence-electron chi connectivity index (χ4n) is 2.94. The lowest BCUT2D eigenvalue weighted by molar-refractivity contribution is -0.124. The molecule has 0 saturated heterocycles. The molecule has 1 aliphatic rings. The second-order valence-electron chi connectivity index (χ2n) is 5.80. The van der Waals surface area contributed by atoms with Crippen molar-refractivity contribution < 1.29 is 4.79 Å². The summed E-state index contributed by atoms with van der Waals surface area (Å²) in [4.78, 5) is 12.1. The van der Waals surface area contributed by atoms with Crippen LogP contribution in [0.25, 0.3) is 0 Å². The number of hydrogen-bond donors (Lipinski definition) is 2. The Kier molecular flexibility index (Phi) is 6.69. The zero-order valence-electron chi connectivity index (χ0n) is 12.1. The van der Waals surface area contributed by atoms with Crippen molar-refractivity contribution in [3.05, 3.63) is 0 Å². The minimum Gasteiger partial charge on any atom is -0.349 e. The Morgan fingerprint density at radius 2 is 1.72 bits per heavy atom. The number of nitrogens with two attached hydrogens (primary N) is 1. The molecule has 3 heteroatoms. The number of carbonyl (C=O) groups excluding carboxylic acids is 1. The van der Waals surface area contributed by atoms with E-state index in [1.165, 1.54) is 38.5 Å². The number of amides is 1. The van der Waals surface area contributed by atoms with Gasteiger partial charge in [0, 0.05) is 13.0 Å². The van der Waals surface area contributed by atoms with Crippen LogP contribution in [0.2, 0.25) is 0 Å². The monoisotopic (exact) mass is 254 g/mol. The molecule has 3 nitrogen and oxygen atoms in total. The van der Waals surface area contributed by atoms with Gasteiger partial charge in [-0.25, -0.2) is 0 Å². The second-order valence-corrected chi connectivity index (χ2v) is 5.80. The molecule has 0 aromatic carbocycles. The summed E-state index contributed by atoms with van der Waals surface area (Å²) < 4.78 is 0. The normalized spacial score (nSPS) is 18.4. The molecule has 0 spiro atoms. The SMILES string of the molecule is CCC(CC)(CN)NC(=O)CC1CCCCCC1. The van der Waals surface area contributed by atoms with Crippen molar-refractivity contribution in [1.82, 2.24) is 5.32 Å². The standard InChI is InChI=1S/C15H30N2O/c1-3-15(4-2,12-16)17-14(18)11-13-9-7-5-6-8-10-13/h13H,3-12,16H2,1-2H3,(H,17,18). The molecule has 0 unspecified atom stereocenters. The molecular weight excluding hydrogens is 224 g/mol. The van der Waals surface area contributed by atoms with E-state index < -0.39 is 0 Å². The minimum atomic E-state index is -0.179. The quantitative estimate of drug-likeness (QED) is 0.716. The van der Waals surface area contributed by atoms with Crippen LogP contribution in [-0.4, -0.2) is 18.0 Å². The zero-order chi connectivity index (χ0) is 13.4. The minimum absolute atomic E-state index is 0.179. The summed E-state index contributed by atoms with van der Waals surface area (Å²) in [6.07, 6.45) is 10.2. The molecule has 1 aliphatic carbocycles. The zero-order valence-corrected chi connectivity index (χ0v) is 12.1. The van der Waals surface area contributed by atoms with Crippen molar-refractivity contribution in [3.8, 4) is 0 Å². The molecule has 3 N–H and O–H groups in total. The van der Waals surface area contributed by atoms with Gasteiger partial charge in [-0.05, 0) is 31.6 Å². The van der Waals surface area contributed by atoms with Crippen LogP contribution in [0.15, 0.2) is 0 Å². The van der Waals surface area contributed by atoms with Gasteiger partial charge >= 0.3 is 0 Å². The summed E-state index contributed by atoms with van der Waals surface area (Å²) in [5.41, 5.74) is 5.64. The Hall–Kier alpha value is -0.570. The fourth-order valence-corrected chi connectivity index (χ4v) is 2.94. The molecule has 0 aliphatic heterocycles. The van der Waals surface area contributed by atoms with Crippen molar-refractivity contribution in [1.29, 1.82) is 0 Å². The Balaban J connectivity index is 2.43. The van der Waals surface area contributed by atoms with E-state index in [0.717, 1.165) is 12.8 Å². The van der Waals surface area contributed by atoms with Crippen LogP contribution in [0.5, 0.6) is 0 Å². The molecule has 106 valence electrons. The van der Waals surface area contributed by atoms with Gasteiger partial charge in [-0.3, -0.25) is 4.79 Å². The molecule has 0 heterocycles. The maximum atomic E-state index is 12.1. The van der Waals surface area contributed by atoms with Crippen LogP contribution < -0.4 is 11.1 Å². The highest BCUT2D eigenvalue weighted by atomic mass is 16.1. The van der Waals surface area contributed by atoms with Gasteiger partial charge in [0.2, 0.25) is 5.91 Å². The number of rotatable bonds is 6. The van der Waals surface area contributed by atoms with Crippen LogP contribution >= 0.6 is 0 Å². The number of hydrogen-bond acceptors (Lipinski definition) is 2. The Bertz CT molecular complexity index is 233. The summed E-state index contributed by atoms with van der Waals surface area (Å²) in [6, 6.07) is 0. The number of carbonyl (C=O) groups is 1. The third-order valence-electron chi connectivity index (χ3n) is 4.60. The maximum absolute atomic E-state index is 12.1. The van der Waals surface area contributed by atoms with Crippen molar-refractivity contribution in [2.75, 3.05) is 6.54 Å². The summed E-state index contributed by atoms with van der Waals surface area (Å²) in [6.45, 7) is 4.74. The first-order chi connectivity index (χ1) is 8.65. The van der Waals surface area contributed by atoms with Crippen LogP contribution in [0.3, 0.4) is 0 Å². The molecule has 1 amide bonds. The highest BCUT2D eigenvalue weighted by Gasteiger charge is 2.27. The van der Waals surface area contributed by atoms with Crippen molar-refractivity contribution in [2.24, 2.45) is 11.7 Å². The van der Waals surface area contributed by atoms with E-state index in [2.05, 4.69) is 19.2 Å². The van der Waals surface area contributed by atoms with Gasteiger partial charge in [-0.1, -0.05) is 39.5 Å². The molecule has 1 saturated carbocycles. The lowest BCUT2D eigenvalue weighted by atomic mass is 9.91. The van der Waals surface area contributed by atoms with E-state index in [9.17, 15) is 4.79 Å². The van der Waals surface area contributed by atoms with Gasteiger partial charge in [0.25, 0.3) is 0 Å². The van der Waals surface area contributed by atoms with Crippen molar-refractivity contribution in [2.45, 2.75) is 77.2 Å². The molecule has 0 radical (unpaired) electrons. The number of nitrogens with one attached hydrogen (secondary N) is 1. The van der Waals surface area contributed by atoms with Crippen molar-refractivity contribution in [3.63, 3.8) is 0 Å². The van der Waals surface area contributed by atoms with Crippen molar-refractivity contribution >= 4 is 5.91 Å². The third-order valence-corrected chi connectivity index (χ3v) is 4.60. The highest BCUT2D eigenvalue weighted by molar-refractivity contribution is 5.77. The molecule has 0 aromatic rings. The van der Waals surface area contributed by atoms with Gasteiger partial charge in [0.1, 0.15) is 0 Å². The topological polar surface area (TPSA) is 55.1 Å². The lowest BCUT2D eigenvalue weighted by Crippen LogP contribution is -2.53. The highest BCUT2D eigenvalue weighted by Crippen LogP contribution is 2.25. The van der Waals surface area contributed by atoms with Crippen LogP contribution in [-0.2, 0) is 4.79 Å². The summed E-state index contributed by atoms with van der Waals surface area (Å²) in [7, 11) is 0. The van der Waals surface area contributed by atoms with Crippen LogP contribution in [0.1, 0.15) is 71.6 Å². The summed E-state index contributed by atoms with van der Waals surface area (Å²) >= 11 is 0. The Morgan fingerprint density at radius 1 is 1.17 bits per heavy atom. The first kappa shape index (κ1) is 15.5. The average molecular weight is 254 g/mol. The van der Waals surface area contributed by atoms with E-state index >= 15 is 0 Å². The predicted molar refractivity (Wildman–Crippen MR) is 76.3 cm³/mol. The first-order valence-corrected chi connectivity index (χ1v) is 7.67. The van der Waals surface area contributed by atoms with Gasteiger partial charge in [-0.2, -0.15) is 0 Å². The summed E-state index contributed by atoms with van der Waals surface area (Å²) in [5, 5.41) is 3.18. The van der Waals surface area contributed by atoms with Gasteiger partial charge in [-0.15, -0.1) is 0 Å². The van der Waals surface area contributed by atoms with Crippen LogP contribution in [0.4, 0.5) is 0 Å². The van der Waals surface area contributed by atoms with Gasteiger partial charge in [0.05, 0.1) is 5.54 Å². The van der Waals surface area contributed by atoms with E-state index in [4.69, 9.17) is 5.73 Å². The summed E-state index contributed by atoms with van der Waals surface area (Å²) in [5.74, 6) is 0.799. The molecule has 0 bridgehead atoms. The lowest BCUT2D eigenvalue weighted by Gasteiger charge is -2.32. The molecule has 18 heavy (non-hydrogen) atoms. The average Bonchev–Trinajstić information content (AvgIpc) is 2.65. The smallest absolute Gasteiger partial charge is 0.220 e. The van der Waals surface area contributed by atoms with E-state index in [1.54, 1.807) is 0 Å². The molecule has 0 atom stereocenters. The third kappa shape index (κ3) is 4.60. The van der Waals surface area contributed by atoms with E-state index in [1.807, 2.05) is 0 Å². The Labute approximate surface area is 112 Å². The van der Waals surface area contributed by atoms with Gasteiger partial charge < -0.3 is 11.1 Å². The second kappa shape index (κ2) is 7.78.